The number of nitrogens with one attached hydrogen (secondary N) is 2. The summed E-state index contributed by atoms with van der Waals surface area (Å²) in [6, 6.07) is 0.825. The van der Waals surface area contributed by atoms with Gasteiger partial charge in [-0.1, -0.05) is 13.8 Å². The van der Waals surface area contributed by atoms with Crippen LogP contribution in [-0.4, -0.2) is 24.2 Å². The molecule has 15 heavy (non-hydrogen) atoms. The van der Waals surface area contributed by atoms with Crippen molar-refractivity contribution in [2.24, 2.45) is 11.1 Å². The van der Waals surface area contributed by atoms with Gasteiger partial charge in [-0.25, -0.2) is 4.79 Å². The van der Waals surface area contributed by atoms with E-state index in [0.717, 1.165) is 19.3 Å². The van der Waals surface area contributed by atoms with Crippen LogP contribution in [0.4, 0.5) is 4.79 Å². The maximum atomic E-state index is 11.6. The first kappa shape index (κ1) is 10.7. The Balaban J connectivity index is 1.75. The lowest BCUT2D eigenvalue weighted by atomic mass is 9.63. The fraction of sp³-hybridized carbons (Fsp3) is 0.909. The Morgan fingerprint density at radius 3 is 2.40 bits per heavy atom. The first-order chi connectivity index (χ1) is 7.00. The van der Waals surface area contributed by atoms with Crippen molar-refractivity contribution < 1.29 is 4.79 Å². The van der Waals surface area contributed by atoms with Gasteiger partial charge in [0.15, 0.2) is 0 Å². The summed E-state index contributed by atoms with van der Waals surface area (Å²) in [4.78, 5) is 11.6. The number of urea groups is 1. The van der Waals surface area contributed by atoms with Gasteiger partial charge in [-0.2, -0.15) is 0 Å². The molecule has 2 aliphatic rings. The first-order valence-corrected chi connectivity index (χ1v) is 5.83. The standard InChI is InChI=1S/C11H21N3O/c1-11(2)8(12)6-9(11)14-10(15)13-7-4-3-5-7/h7-9H,3-6,12H2,1-2H3,(H2,13,14,15). The summed E-state index contributed by atoms with van der Waals surface area (Å²) < 4.78 is 0. The molecule has 2 unspecified atom stereocenters. The van der Waals surface area contributed by atoms with Crippen LogP contribution in [0.15, 0.2) is 0 Å². The third kappa shape index (κ3) is 1.95. The van der Waals surface area contributed by atoms with Crippen molar-refractivity contribution in [1.29, 1.82) is 0 Å². The van der Waals surface area contributed by atoms with Crippen LogP contribution in [0.2, 0.25) is 0 Å². The second-order valence-corrected chi connectivity index (χ2v) is 5.46. The Labute approximate surface area is 91.0 Å². The summed E-state index contributed by atoms with van der Waals surface area (Å²) in [7, 11) is 0. The summed E-state index contributed by atoms with van der Waals surface area (Å²) in [5.41, 5.74) is 5.93. The Morgan fingerprint density at radius 2 is 2.00 bits per heavy atom. The monoisotopic (exact) mass is 211 g/mol. The third-order valence-electron chi connectivity index (χ3n) is 4.09. The summed E-state index contributed by atoms with van der Waals surface area (Å²) in [5.74, 6) is 0. The Kier molecular flexibility index (Phi) is 2.63. The van der Waals surface area contributed by atoms with Crippen LogP contribution in [0, 0.1) is 5.41 Å². The normalized spacial score (nSPS) is 33.8. The third-order valence-corrected chi connectivity index (χ3v) is 4.09. The van der Waals surface area contributed by atoms with Gasteiger partial charge in [-0.15, -0.1) is 0 Å². The molecule has 2 fully saturated rings. The number of amides is 2. The largest absolute Gasteiger partial charge is 0.335 e. The van der Waals surface area contributed by atoms with Gasteiger partial charge in [0.25, 0.3) is 0 Å². The van der Waals surface area contributed by atoms with E-state index in [1.165, 1.54) is 6.42 Å². The van der Waals surface area contributed by atoms with Crippen LogP contribution in [-0.2, 0) is 0 Å². The molecular formula is C11H21N3O. The van der Waals surface area contributed by atoms with Crippen molar-refractivity contribution in [3.05, 3.63) is 0 Å². The molecule has 4 N–H and O–H groups in total. The van der Waals surface area contributed by atoms with Gasteiger partial charge < -0.3 is 16.4 Å². The van der Waals surface area contributed by atoms with Crippen LogP contribution in [0.5, 0.6) is 0 Å². The van der Waals surface area contributed by atoms with E-state index in [-0.39, 0.29) is 23.5 Å². The first-order valence-electron chi connectivity index (χ1n) is 5.83. The van der Waals surface area contributed by atoms with E-state index in [9.17, 15) is 4.79 Å². The van der Waals surface area contributed by atoms with Crippen molar-refractivity contribution in [2.75, 3.05) is 0 Å². The number of carbonyl (C=O) groups is 1. The van der Waals surface area contributed by atoms with Crippen LogP contribution in [0.1, 0.15) is 39.5 Å². The van der Waals surface area contributed by atoms with Gasteiger partial charge >= 0.3 is 6.03 Å². The summed E-state index contributed by atoms with van der Waals surface area (Å²) in [6.45, 7) is 4.21. The minimum absolute atomic E-state index is 0.0234. The van der Waals surface area contributed by atoms with E-state index in [0.29, 0.717) is 6.04 Å². The highest BCUT2D eigenvalue weighted by molar-refractivity contribution is 5.75. The molecule has 2 rings (SSSR count). The molecule has 2 amide bonds. The SMILES string of the molecule is CC1(C)C(N)CC1NC(=O)NC1CCC1. The highest BCUT2D eigenvalue weighted by Gasteiger charge is 2.46. The van der Waals surface area contributed by atoms with Gasteiger partial charge in [0.05, 0.1) is 0 Å². The van der Waals surface area contributed by atoms with E-state index >= 15 is 0 Å². The average molecular weight is 211 g/mol. The molecule has 0 aliphatic heterocycles. The lowest BCUT2D eigenvalue weighted by Crippen LogP contribution is -2.66. The predicted molar refractivity (Wildman–Crippen MR) is 59.5 cm³/mol. The number of carbonyl (C=O) groups excluding carboxylic acids is 1. The molecule has 2 atom stereocenters. The molecule has 0 spiro atoms. The van der Waals surface area contributed by atoms with Crippen molar-refractivity contribution >= 4 is 6.03 Å². The Bertz CT molecular complexity index is 261. The van der Waals surface area contributed by atoms with Crippen LogP contribution < -0.4 is 16.4 Å². The highest BCUT2D eigenvalue weighted by atomic mass is 16.2. The number of nitrogens with two attached hydrogens (primary N) is 1. The second-order valence-electron chi connectivity index (χ2n) is 5.46. The second kappa shape index (κ2) is 3.67. The quantitative estimate of drug-likeness (QED) is 0.637. The minimum Gasteiger partial charge on any atom is -0.335 e. The molecule has 0 aromatic heterocycles. The smallest absolute Gasteiger partial charge is 0.315 e. The maximum Gasteiger partial charge on any atom is 0.315 e. The number of rotatable bonds is 2. The number of hydrogen-bond donors (Lipinski definition) is 3. The van der Waals surface area contributed by atoms with Crippen molar-refractivity contribution in [1.82, 2.24) is 10.6 Å². The summed E-state index contributed by atoms with van der Waals surface area (Å²) >= 11 is 0. The molecule has 2 aliphatic carbocycles. The molecule has 2 saturated carbocycles. The fourth-order valence-corrected chi connectivity index (χ4v) is 2.14. The molecule has 0 heterocycles. The van der Waals surface area contributed by atoms with E-state index in [1.54, 1.807) is 0 Å². The molecule has 0 bridgehead atoms. The molecule has 0 aromatic rings. The van der Waals surface area contributed by atoms with E-state index in [4.69, 9.17) is 5.73 Å². The van der Waals surface area contributed by atoms with E-state index in [2.05, 4.69) is 24.5 Å². The molecule has 4 nitrogen and oxygen atoms in total. The zero-order chi connectivity index (χ0) is 11.1. The average Bonchev–Trinajstić information content (AvgIpc) is 2.11. The molecular weight excluding hydrogens is 190 g/mol. The van der Waals surface area contributed by atoms with Gasteiger partial charge in [-0.05, 0) is 25.7 Å². The van der Waals surface area contributed by atoms with Gasteiger partial charge in [0.2, 0.25) is 0 Å². The predicted octanol–water partition coefficient (Wildman–Crippen LogP) is 0.964. The highest BCUT2D eigenvalue weighted by Crippen LogP contribution is 2.38. The number of hydrogen-bond acceptors (Lipinski definition) is 2. The minimum atomic E-state index is -0.0234. The lowest BCUT2D eigenvalue weighted by molar-refractivity contribution is 0.0788. The zero-order valence-electron chi connectivity index (χ0n) is 9.55. The summed E-state index contributed by atoms with van der Waals surface area (Å²) in [6.07, 6.45) is 4.39. The molecule has 0 radical (unpaired) electrons. The van der Waals surface area contributed by atoms with Gasteiger partial charge in [0, 0.05) is 23.5 Å². The van der Waals surface area contributed by atoms with Gasteiger partial charge in [-0.3, -0.25) is 0 Å². The van der Waals surface area contributed by atoms with Crippen molar-refractivity contribution in [3.8, 4) is 0 Å². The topological polar surface area (TPSA) is 67.1 Å². The van der Waals surface area contributed by atoms with Crippen LogP contribution in [0.3, 0.4) is 0 Å². The van der Waals surface area contributed by atoms with E-state index in [1.807, 2.05) is 0 Å². The van der Waals surface area contributed by atoms with E-state index < -0.39 is 0 Å². The summed E-state index contributed by atoms with van der Waals surface area (Å²) in [5, 5.41) is 5.98. The Morgan fingerprint density at radius 1 is 1.33 bits per heavy atom. The van der Waals surface area contributed by atoms with Crippen LogP contribution >= 0.6 is 0 Å². The van der Waals surface area contributed by atoms with Crippen molar-refractivity contribution in [2.45, 2.75) is 57.7 Å². The Hall–Kier alpha value is -0.770. The zero-order valence-corrected chi connectivity index (χ0v) is 9.55. The molecule has 86 valence electrons. The lowest BCUT2D eigenvalue weighted by Gasteiger charge is -2.50. The molecule has 0 aromatic carbocycles. The maximum absolute atomic E-state index is 11.6. The van der Waals surface area contributed by atoms with Crippen molar-refractivity contribution in [3.63, 3.8) is 0 Å². The molecule has 4 heteroatoms. The van der Waals surface area contributed by atoms with Crippen LogP contribution in [0.25, 0.3) is 0 Å². The molecule has 0 saturated heterocycles. The van der Waals surface area contributed by atoms with Gasteiger partial charge in [0.1, 0.15) is 0 Å². The fourth-order valence-electron chi connectivity index (χ4n) is 2.14.